The van der Waals surface area contributed by atoms with Crippen LogP contribution < -0.4 is 10.6 Å². The van der Waals surface area contributed by atoms with Crippen LogP contribution in [-0.2, 0) is 9.53 Å². The van der Waals surface area contributed by atoms with Crippen LogP contribution in [-0.4, -0.2) is 80.3 Å². The van der Waals surface area contributed by atoms with Crippen LogP contribution in [0.1, 0.15) is 60.3 Å². The van der Waals surface area contributed by atoms with E-state index in [1.165, 1.54) is 32.3 Å². The molecule has 38 heavy (non-hydrogen) atoms. The standard InChI is InChI=1S/C17H30ClN3O2.C9H13F2NO.C2H6/c1-3-6-15(7-4-5-10-18)13-19-14-21-11-8-16(9-12-21)20-17(22)23-2;1-3-8(9(10)11)5-4-6-12-7(2)13;1-2/h4,6-7,13,16-17,20,22H,3,5,8-12,14H2,1-2H3;3-5,9H,6H2,1-2H3,(H,12,13);1-2H3/b7-4-,15-6+,19-13+;5-4-,8-3+;. The van der Waals surface area contributed by atoms with E-state index in [2.05, 4.69) is 45.7 Å². The molecular formula is C28H49ClF2N4O3. The minimum absolute atomic E-state index is 0.0367. The number of aliphatic hydroxyl groups excluding tert-OH is 1. The van der Waals surface area contributed by atoms with Gasteiger partial charge in [0, 0.05) is 57.4 Å². The number of nitrogens with zero attached hydrogens (tertiary/aromatic N) is 2. The molecule has 10 heteroatoms. The monoisotopic (exact) mass is 562 g/mol. The maximum atomic E-state index is 12.1. The smallest absolute Gasteiger partial charge is 0.263 e. The van der Waals surface area contributed by atoms with E-state index in [1.807, 2.05) is 20.1 Å². The van der Waals surface area contributed by atoms with Crippen LogP contribution in [0.15, 0.2) is 52.6 Å². The Kier molecular flexibility index (Phi) is 26.9. The third kappa shape index (κ3) is 22.1. The van der Waals surface area contributed by atoms with Gasteiger partial charge in [-0.1, -0.05) is 57.2 Å². The number of rotatable bonds is 14. The van der Waals surface area contributed by atoms with Crippen LogP contribution in [0.2, 0.25) is 0 Å². The van der Waals surface area contributed by atoms with Crippen LogP contribution in [0.5, 0.6) is 0 Å². The summed E-state index contributed by atoms with van der Waals surface area (Å²) in [5.41, 5.74) is 1.10. The van der Waals surface area contributed by atoms with E-state index < -0.39 is 12.8 Å². The lowest BCUT2D eigenvalue weighted by atomic mass is 10.1. The second kappa shape index (κ2) is 26.7. The Morgan fingerprint density at radius 1 is 1.24 bits per heavy atom. The number of aliphatic imine (C=N–C) groups is 1. The highest BCUT2D eigenvalue weighted by Gasteiger charge is 2.20. The van der Waals surface area contributed by atoms with Crippen LogP contribution in [0, 0.1) is 0 Å². The van der Waals surface area contributed by atoms with Crippen LogP contribution in [0.3, 0.4) is 0 Å². The number of aliphatic hydroxyl groups is 1. The van der Waals surface area contributed by atoms with E-state index in [0.29, 0.717) is 18.6 Å². The molecule has 1 rings (SSSR count). The molecule has 0 bridgehead atoms. The number of halogens is 3. The van der Waals surface area contributed by atoms with E-state index in [4.69, 9.17) is 16.3 Å². The van der Waals surface area contributed by atoms with Gasteiger partial charge in [-0.05, 0) is 38.2 Å². The average Bonchev–Trinajstić information content (AvgIpc) is 2.91. The van der Waals surface area contributed by atoms with Gasteiger partial charge in [0.1, 0.15) is 0 Å². The van der Waals surface area contributed by atoms with Gasteiger partial charge in [0.05, 0.1) is 6.67 Å². The number of carbonyl (C=O) groups excluding carboxylic acids is 1. The highest BCUT2D eigenvalue weighted by molar-refractivity contribution is 6.17. The van der Waals surface area contributed by atoms with Crippen molar-refractivity contribution in [2.75, 3.05) is 39.3 Å². The van der Waals surface area contributed by atoms with Crippen LogP contribution >= 0.6 is 11.6 Å². The van der Waals surface area contributed by atoms with Gasteiger partial charge in [-0.2, -0.15) is 0 Å². The summed E-state index contributed by atoms with van der Waals surface area (Å²) in [6.07, 6.45) is 12.9. The van der Waals surface area contributed by atoms with E-state index in [9.17, 15) is 18.7 Å². The summed E-state index contributed by atoms with van der Waals surface area (Å²) in [4.78, 5) is 17.3. The van der Waals surface area contributed by atoms with Gasteiger partial charge >= 0.3 is 0 Å². The summed E-state index contributed by atoms with van der Waals surface area (Å²) in [6, 6.07) is 0.305. The average molecular weight is 563 g/mol. The molecule has 1 saturated heterocycles. The van der Waals surface area contributed by atoms with Crippen LogP contribution in [0.25, 0.3) is 0 Å². The van der Waals surface area contributed by atoms with Crippen molar-refractivity contribution in [3.63, 3.8) is 0 Å². The first-order chi connectivity index (χ1) is 18.3. The van der Waals surface area contributed by atoms with Gasteiger partial charge in [-0.15, -0.1) is 11.6 Å². The molecule has 1 unspecified atom stereocenters. The maximum Gasteiger partial charge on any atom is 0.263 e. The predicted molar refractivity (Wildman–Crippen MR) is 156 cm³/mol. The largest absolute Gasteiger partial charge is 0.356 e. The van der Waals surface area contributed by atoms with Crippen LogP contribution in [0.4, 0.5) is 8.78 Å². The topological polar surface area (TPSA) is 86.2 Å². The van der Waals surface area contributed by atoms with Gasteiger partial charge in [-0.3, -0.25) is 20.0 Å². The number of nitrogens with one attached hydrogen (secondary N) is 2. The predicted octanol–water partition coefficient (Wildman–Crippen LogP) is 5.43. The van der Waals surface area contributed by atoms with Crippen molar-refractivity contribution >= 4 is 23.7 Å². The van der Waals surface area contributed by atoms with Crippen molar-refractivity contribution in [1.82, 2.24) is 15.5 Å². The number of hydrogen-bond donors (Lipinski definition) is 3. The molecule has 0 aliphatic carbocycles. The summed E-state index contributed by atoms with van der Waals surface area (Å²) in [7, 11) is 1.49. The van der Waals surface area contributed by atoms with Crippen molar-refractivity contribution in [2.24, 2.45) is 4.99 Å². The first-order valence-electron chi connectivity index (χ1n) is 13.2. The second-order valence-corrected chi connectivity index (χ2v) is 8.40. The summed E-state index contributed by atoms with van der Waals surface area (Å²) in [6.45, 7) is 12.0. The summed E-state index contributed by atoms with van der Waals surface area (Å²) >= 11 is 5.68. The van der Waals surface area contributed by atoms with Crippen molar-refractivity contribution in [1.29, 1.82) is 0 Å². The summed E-state index contributed by atoms with van der Waals surface area (Å²) in [5, 5.41) is 14.9. The van der Waals surface area contributed by atoms with Crippen molar-refractivity contribution in [2.45, 2.75) is 79.2 Å². The molecule has 220 valence electrons. The fourth-order valence-corrected chi connectivity index (χ4v) is 3.27. The third-order valence-corrected chi connectivity index (χ3v) is 5.32. The number of hydrogen-bond acceptors (Lipinski definition) is 6. The van der Waals surface area contributed by atoms with Gasteiger partial charge in [0.2, 0.25) is 12.3 Å². The van der Waals surface area contributed by atoms with Crippen molar-refractivity contribution in [3.8, 4) is 0 Å². The minimum atomic E-state index is -2.46. The van der Waals surface area contributed by atoms with Gasteiger partial charge < -0.3 is 15.2 Å². The number of carbonyl (C=O) groups is 1. The minimum Gasteiger partial charge on any atom is -0.356 e. The van der Waals surface area contributed by atoms with E-state index in [0.717, 1.165) is 44.3 Å². The molecule has 0 aromatic carbocycles. The lowest BCUT2D eigenvalue weighted by molar-refractivity contribution is -0.118. The molecule has 0 aromatic heterocycles. The second-order valence-electron chi connectivity index (χ2n) is 8.02. The molecule has 3 N–H and O–H groups in total. The fraction of sp³-hybridized carbons (Fsp3) is 0.643. The van der Waals surface area contributed by atoms with E-state index in [-0.39, 0.29) is 18.0 Å². The van der Waals surface area contributed by atoms with Gasteiger partial charge in [0.25, 0.3) is 6.43 Å². The fourth-order valence-electron chi connectivity index (χ4n) is 3.15. The Morgan fingerprint density at radius 2 is 1.89 bits per heavy atom. The molecule has 0 spiro atoms. The molecule has 1 aliphatic heterocycles. The Hall–Kier alpha value is -1.91. The molecule has 1 fully saturated rings. The number of amides is 1. The van der Waals surface area contributed by atoms with Crippen molar-refractivity contribution < 1.29 is 23.4 Å². The Bertz CT molecular complexity index is 736. The molecular weight excluding hydrogens is 514 g/mol. The molecule has 0 aromatic rings. The zero-order valence-electron chi connectivity index (χ0n) is 23.9. The van der Waals surface area contributed by atoms with Crippen molar-refractivity contribution in [3.05, 3.63) is 47.6 Å². The molecule has 1 heterocycles. The van der Waals surface area contributed by atoms with Gasteiger partial charge in [0.15, 0.2) is 0 Å². The molecule has 0 saturated carbocycles. The Morgan fingerprint density at radius 3 is 2.39 bits per heavy atom. The first kappa shape index (κ1) is 38.2. The maximum absolute atomic E-state index is 12.1. The van der Waals surface area contributed by atoms with Gasteiger partial charge in [-0.25, -0.2) is 8.78 Å². The first-order valence-corrected chi connectivity index (χ1v) is 13.8. The summed E-state index contributed by atoms with van der Waals surface area (Å²) in [5.74, 6) is 0.470. The van der Waals surface area contributed by atoms with E-state index in [1.54, 1.807) is 6.92 Å². The molecule has 7 nitrogen and oxygen atoms in total. The highest BCUT2D eigenvalue weighted by atomic mass is 35.5. The quantitative estimate of drug-likeness (QED) is 0.114. The zero-order valence-corrected chi connectivity index (χ0v) is 24.7. The zero-order chi connectivity index (χ0) is 29.2. The number of alkyl halides is 3. The number of allylic oxidation sites excluding steroid dienone is 7. The number of ether oxygens (including phenoxy) is 1. The highest BCUT2D eigenvalue weighted by Crippen LogP contribution is 2.11. The number of likely N-dealkylation sites (tertiary alicyclic amines) is 1. The number of piperidine rings is 1. The summed E-state index contributed by atoms with van der Waals surface area (Å²) < 4.78 is 29.0. The Labute approximate surface area is 233 Å². The molecule has 0 radical (unpaired) electrons. The third-order valence-electron chi connectivity index (χ3n) is 5.10. The number of methoxy groups -OCH3 is 1. The molecule has 1 atom stereocenters. The Balaban J connectivity index is 0. The molecule has 1 aliphatic rings. The molecule has 1 amide bonds. The lowest BCUT2D eigenvalue weighted by Crippen LogP contribution is -2.46. The normalized spacial score (nSPS) is 16.5. The van der Waals surface area contributed by atoms with E-state index >= 15 is 0 Å². The SMILES string of the molecule is C/C=C(\C=C/CNC(C)=O)C(F)F.CC.CC/C=C(\C=C/CCCl)/C=N/CN1CCC(NC(O)OC)CC1. The lowest BCUT2D eigenvalue weighted by Gasteiger charge is -2.32.